The highest BCUT2D eigenvalue weighted by Crippen LogP contribution is 2.05. The Labute approximate surface area is 179 Å². The molecule has 0 spiro atoms. The van der Waals surface area contributed by atoms with Crippen molar-refractivity contribution in [2.45, 2.75) is 63.7 Å². The molecule has 0 saturated carbocycles. The minimum absolute atomic E-state index is 0.372. The van der Waals surface area contributed by atoms with Gasteiger partial charge in [0.1, 0.15) is 18.1 Å². The second-order valence-electron chi connectivity index (χ2n) is 7.36. The molecule has 0 aliphatic carbocycles. The van der Waals surface area contributed by atoms with Gasteiger partial charge >= 0.3 is 11.9 Å². The summed E-state index contributed by atoms with van der Waals surface area (Å²) in [6.07, 6.45) is 0.816. The molecule has 0 aromatic heterocycles. The summed E-state index contributed by atoms with van der Waals surface area (Å²) < 4.78 is 0. The van der Waals surface area contributed by atoms with Gasteiger partial charge in [-0.1, -0.05) is 20.3 Å². The number of aliphatic carboxylic acids is 2. The number of hydrogen-bond acceptors (Lipinski definition) is 8. The molecule has 31 heavy (non-hydrogen) atoms. The summed E-state index contributed by atoms with van der Waals surface area (Å²) in [5, 5.41) is 33.8. The van der Waals surface area contributed by atoms with Crippen LogP contribution in [0.15, 0.2) is 0 Å². The molecular formula is C18H33N5O8. The Morgan fingerprint density at radius 1 is 0.871 bits per heavy atom. The van der Waals surface area contributed by atoms with Gasteiger partial charge in [-0.25, -0.2) is 4.79 Å². The van der Waals surface area contributed by atoms with Crippen LogP contribution in [-0.2, 0) is 24.0 Å². The first kappa shape index (κ1) is 28.2. The maximum absolute atomic E-state index is 12.6. The van der Waals surface area contributed by atoms with Gasteiger partial charge in [-0.3, -0.25) is 19.2 Å². The van der Waals surface area contributed by atoms with Crippen LogP contribution < -0.4 is 27.4 Å². The fraction of sp³-hybridized carbons (Fsp3) is 0.722. The van der Waals surface area contributed by atoms with Crippen molar-refractivity contribution in [3.05, 3.63) is 0 Å². The zero-order valence-electron chi connectivity index (χ0n) is 17.7. The minimum atomic E-state index is -1.75. The number of amides is 3. The van der Waals surface area contributed by atoms with Crippen molar-refractivity contribution in [3.63, 3.8) is 0 Å². The third-order valence-electron chi connectivity index (χ3n) is 4.36. The number of nitrogens with one attached hydrogen (secondary N) is 3. The van der Waals surface area contributed by atoms with Gasteiger partial charge < -0.3 is 42.7 Å². The molecule has 0 aromatic carbocycles. The zero-order valence-corrected chi connectivity index (χ0v) is 17.7. The van der Waals surface area contributed by atoms with E-state index >= 15 is 0 Å². The van der Waals surface area contributed by atoms with Crippen LogP contribution in [0.4, 0.5) is 0 Å². The third-order valence-corrected chi connectivity index (χ3v) is 4.36. The van der Waals surface area contributed by atoms with Gasteiger partial charge in [-0.2, -0.15) is 0 Å². The number of carbonyl (C=O) groups excluding carboxylic acids is 3. The molecule has 4 unspecified atom stereocenters. The second kappa shape index (κ2) is 14.3. The monoisotopic (exact) mass is 447 g/mol. The standard InChI is InChI=1S/C18H33N5O8/c1-9(2)14(23-15(27)10(20)5-3-4-6-19)17(29)22-12(8-24)16(28)21-11(18(30)31)7-13(25)26/h9-12,14,24H,3-8,19-20H2,1-2H3,(H,21,28)(H,22,29)(H,23,27)(H,25,26)(H,30,31). The van der Waals surface area contributed by atoms with Gasteiger partial charge in [0.05, 0.1) is 19.1 Å². The molecule has 10 N–H and O–H groups in total. The van der Waals surface area contributed by atoms with Crippen molar-refractivity contribution < 1.29 is 39.3 Å². The van der Waals surface area contributed by atoms with E-state index in [2.05, 4.69) is 10.6 Å². The first-order valence-corrected chi connectivity index (χ1v) is 9.86. The fourth-order valence-electron chi connectivity index (χ4n) is 2.54. The normalized spacial score (nSPS) is 14.8. The van der Waals surface area contributed by atoms with E-state index in [4.69, 9.17) is 21.7 Å². The van der Waals surface area contributed by atoms with Crippen LogP contribution in [0, 0.1) is 5.92 Å². The highest BCUT2D eigenvalue weighted by atomic mass is 16.4. The smallest absolute Gasteiger partial charge is 0.326 e. The zero-order chi connectivity index (χ0) is 24.1. The van der Waals surface area contributed by atoms with E-state index in [1.54, 1.807) is 13.8 Å². The van der Waals surface area contributed by atoms with E-state index in [0.29, 0.717) is 25.8 Å². The number of nitrogens with two attached hydrogens (primary N) is 2. The Hall–Kier alpha value is -2.77. The number of hydrogen-bond donors (Lipinski definition) is 8. The van der Waals surface area contributed by atoms with E-state index in [9.17, 15) is 29.1 Å². The SMILES string of the molecule is CC(C)C(NC(=O)C(N)CCCCN)C(=O)NC(CO)C(=O)NC(CC(=O)O)C(=O)O. The summed E-state index contributed by atoms with van der Waals surface area (Å²) in [6.45, 7) is 2.87. The average Bonchev–Trinajstić information content (AvgIpc) is 2.68. The number of aliphatic hydroxyl groups excluding tert-OH is 1. The maximum atomic E-state index is 12.6. The molecule has 3 amide bonds. The molecule has 178 valence electrons. The molecule has 0 saturated heterocycles. The highest BCUT2D eigenvalue weighted by molar-refractivity contribution is 5.94. The molecule has 0 radical (unpaired) electrons. The predicted octanol–water partition coefficient (Wildman–Crippen LogP) is -2.90. The Bertz CT molecular complexity index is 642. The molecular weight excluding hydrogens is 414 g/mol. The summed E-state index contributed by atoms with van der Waals surface area (Å²) in [5.74, 6) is -5.89. The van der Waals surface area contributed by atoms with Crippen molar-refractivity contribution in [1.82, 2.24) is 16.0 Å². The largest absolute Gasteiger partial charge is 0.481 e. The minimum Gasteiger partial charge on any atom is -0.481 e. The van der Waals surface area contributed by atoms with Crippen LogP contribution in [0.3, 0.4) is 0 Å². The van der Waals surface area contributed by atoms with Crippen molar-refractivity contribution >= 4 is 29.7 Å². The predicted molar refractivity (Wildman–Crippen MR) is 108 cm³/mol. The highest BCUT2D eigenvalue weighted by Gasteiger charge is 2.31. The van der Waals surface area contributed by atoms with E-state index in [0.717, 1.165) is 0 Å². The van der Waals surface area contributed by atoms with Crippen molar-refractivity contribution in [1.29, 1.82) is 0 Å². The van der Waals surface area contributed by atoms with Crippen LogP contribution in [0.25, 0.3) is 0 Å². The molecule has 0 heterocycles. The van der Waals surface area contributed by atoms with Crippen molar-refractivity contribution in [2.24, 2.45) is 17.4 Å². The summed E-state index contributed by atoms with van der Waals surface area (Å²) >= 11 is 0. The van der Waals surface area contributed by atoms with Gasteiger partial charge in [0, 0.05) is 0 Å². The Kier molecular flexibility index (Phi) is 13.0. The lowest BCUT2D eigenvalue weighted by molar-refractivity contribution is -0.147. The topological polar surface area (TPSA) is 234 Å². The number of unbranched alkanes of at least 4 members (excludes halogenated alkanes) is 1. The molecule has 13 nitrogen and oxygen atoms in total. The molecule has 0 fully saturated rings. The van der Waals surface area contributed by atoms with Crippen LogP contribution in [0.1, 0.15) is 39.5 Å². The molecule has 13 heteroatoms. The van der Waals surface area contributed by atoms with E-state index in [-0.39, 0.29) is 0 Å². The van der Waals surface area contributed by atoms with Crippen LogP contribution in [0.5, 0.6) is 0 Å². The first-order chi connectivity index (χ1) is 14.4. The molecule has 0 aromatic rings. The van der Waals surface area contributed by atoms with Gasteiger partial charge in [0.25, 0.3) is 0 Å². The quantitative estimate of drug-likeness (QED) is 0.119. The van der Waals surface area contributed by atoms with Gasteiger partial charge in [-0.05, 0) is 25.3 Å². The maximum Gasteiger partial charge on any atom is 0.326 e. The van der Waals surface area contributed by atoms with Gasteiger partial charge in [0.15, 0.2) is 0 Å². The number of rotatable bonds is 15. The molecule has 0 rings (SSSR count). The van der Waals surface area contributed by atoms with E-state index in [1.807, 2.05) is 5.32 Å². The lowest BCUT2D eigenvalue weighted by Gasteiger charge is -2.26. The Morgan fingerprint density at radius 2 is 1.45 bits per heavy atom. The van der Waals surface area contributed by atoms with Crippen LogP contribution >= 0.6 is 0 Å². The van der Waals surface area contributed by atoms with Gasteiger partial charge in [-0.15, -0.1) is 0 Å². The molecule has 0 aliphatic rings. The van der Waals surface area contributed by atoms with Crippen molar-refractivity contribution in [3.8, 4) is 0 Å². The lowest BCUT2D eigenvalue weighted by atomic mass is 10.0. The number of carboxylic acids is 2. The van der Waals surface area contributed by atoms with E-state index < -0.39 is 72.8 Å². The second-order valence-corrected chi connectivity index (χ2v) is 7.36. The average molecular weight is 447 g/mol. The molecule has 0 bridgehead atoms. The van der Waals surface area contributed by atoms with Crippen molar-refractivity contribution in [2.75, 3.05) is 13.2 Å². The molecule has 0 aliphatic heterocycles. The first-order valence-electron chi connectivity index (χ1n) is 9.86. The number of aliphatic hydroxyl groups is 1. The summed E-state index contributed by atoms with van der Waals surface area (Å²) in [6, 6.07) is -5.24. The van der Waals surface area contributed by atoms with Crippen LogP contribution in [0.2, 0.25) is 0 Å². The summed E-state index contributed by atoms with van der Waals surface area (Å²) in [7, 11) is 0. The summed E-state index contributed by atoms with van der Waals surface area (Å²) in [5.41, 5.74) is 11.2. The third kappa shape index (κ3) is 10.7. The summed E-state index contributed by atoms with van der Waals surface area (Å²) in [4.78, 5) is 58.9. The van der Waals surface area contributed by atoms with Crippen LogP contribution in [-0.4, -0.2) is 82.3 Å². The Morgan fingerprint density at radius 3 is 1.90 bits per heavy atom. The van der Waals surface area contributed by atoms with E-state index in [1.165, 1.54) is 0 Å². The van der Waals surface area contributed by atoms with Gasteiger partial charge in [0.2, 0.25) is 17.7 Å². The number of carboxylic acid groups (broad SMARTS) is 2. The number of carbonyl (C=O) groups is 5. The molecule has 4 atom stereocenters. The lowest BCUT2D eigenvalue weighted by Crippen LogP contribution is -2.59. The Balaban J connectivity index is 5.09. The fourth-order valence-corrected chi connectivity index (χ4v) is 2.54.